The van der Waals surface area contributed by atoms with Crippen LogP contribution in [-0.2, 0) is 0 Å². The summed E-state index contributed by atoms with van der Waals surface area (Å²) in [6.45, 7) is 2.51. The molecule has 3 aromatic carbocycles. The van der Waals surface area contributed by atoms with E-state index in [1.165, 1.54) is 12.1 Å². The molecular formula is C25H23FN2O3. The Hall–Kier alpha value is -3.54. The third kappa shape index (κ3) is 3.48. The monoisotopic (exact) mass is 418 g/mol. The summed E-state index contributed by atoms with van der Waals surface area (Å²) in [5.74, 6) is 1.96. The summed E-state index contributed by atoms with van der Waals surface area (Å²) in [5.41, 5.74) is 3.77. The predicted octanol–water partition coefficient (Wildman–Crippen LogP) is 5.48. The highest BCUT2D eigenvalue weighted by Crippen LogP contribution is 2.50. The first-order valence-electron chi connectivity index (χ1n) is 10.4. The van der Waals surface area contributed by atoms with Crippen molar-refractivity contribution in [1.82, 2.24) is 5.01 Å². The molecule has 0 fully saturated rings. The molecule has 0 unspecified atom stereocenters. The van der Waals surface area contributed by atoms with Crippen LogP contribution in [-0.4, -0.2) is 24.4 Å². The van der Waals surface area contributed by atoms with Crippen molar-refractivity contribution in [3.05, 3.63) is 89.2 Å². The van der Waals surface area contributed by atoms with Gasteiger partial charge in [-0.1, -0.05) is 36.4 Å². The molecule has 6 heteroatoms. The van der Waals surface area contributed by atoms with Crippen LogP contribution in [0.5, 0.6) is 17.2 Å². The maximum atomic E-state index is 13.4. The van der Waals surface area contributed by atoms with Crippen LogP contribution in [0.4, 0.5) is 4.39 Å². The average molecular weight is 418 g/mol. The van der Waals surface area contributed by atoms with Gasteiger partial charge in [0, 0.05) is 17.5 Å². The first kappa shape index (κ1) is 19.4. The summed E-state index contributed by atoms with van der Waals surface area (Å²) < 4.78 is 31.2. The third-order valence-corrected chi connectivity index (χ3v) is 5.64. The Morgan fingerprint density at radius 1 is 1.10 bits per heavy atom. The van der Waals surface area contributed by atoms with Crippen LogP contribution in [0.15, 0.2) is 71.8 Å². The Balaban J connectivity index is 1.61. The minimum atomic E-state index is -0.438. The van der Waals surface area contributed by atoms with E-state index in [4.69, 9.17) is 19.3 Å². The number of fused-ring (bicyclic) bond motifs is 3. The zero-order valence-corrected chi connectivity index (χ0v) is 17.4. The van der Waals surface area contributed by atoms with Gasteiger partial charge >= 0.3 is 0 Å². The van der Waals surface area contributed by atoms with E-state index >= 15 is 0 Å². The van der Waals surface area contributed by atoms with E-state index in [0.29, 0.717) is 13.0 Å². The highest BCUT2D eigenvalue weighted by atomic mass is 19.1. The minimum Gasteiger partial charge on any atom is -0.497 e. The van der Waals surface area contributed by atoms with Crippen molar-refractivity contribution in [3.8, 4) is 17.2 Å². The maximum absolute atomic E-state index is 13.4. The Labute approximate surface area is 180 Å². The predicted molar refractivity (Wildman–Crippen MR) is 116 cm³/mol. The molecule has 5 nitrogen and oxygen atoms in total. The summed E-state index contributed by atoms with van der Waals surface area (Å²) in [5, 5.41) is 6.91. The maximum Gasteiger partial charge on any atom is 0.214 e. The number of methoxy groups -OCH3 is 1. The fourth-order valence-corrected chi connectivity index (χ4v) is 4.18. The number of nitrogens with zero attached hydrogens (tertiary/aromatic N) is 2. The molecule has 2 atom stereocenters. The van der Waals surface area contributed by atoms with E-state index in [9.17, 15) is 4.39 Å². The Morgan fingerprint density at radius 2 is 1.90 bits per heavy atom. The van der Waals surface area contributed by atoms with Crippen molar-refractivity contribution in [2.45, 2.75) is 25.6 Å². The molecule has 0 aliphatic carbocycles. The van der Waals surface area contributed by atoms with Crippen molar-refractivity contribution in [3.63, 3.8) is 0 Å². The molecule has 2 aliphatic heterocycles. The van der Waals surface area contributed by atoms with Crippen LogP contribution in [0.1, 0.15) is 42.3 Å². The molecule has 0 radical (unpaired) electrons. The average Bonchev–Trinajstić information content (AvgIpc) is 3.25. The van der Waals surface area contributed by atoms with Gasteiger partial charge in [0.15, 0.2) is 11.5 Å². The quantitative estimate of drug-likeness (QED) is 0.551. The van der Waals surface area contributed by atoms with Crippen LogP contribution in [0, 0.1) is 5.82 Å². The molecule has 3 aromatic rings. The van der Waals surface area contributed by atoms with E-state index < -0.39 is 6.23 Å². The normalized spacial score (nSPS) is 19.2. The Kier molecular flexibility index (Phi) is 4.98. The van der Waals surface area contributed by atoms with Gasteiger partial charge in [0.1, 0.15) is 11.6 Å². The molecule has 31 heavy (non-hydrogen) atoms. The number of halogens is 1. The second kappa shape index (κ2) is 7.95. The van der Waals surface area contributed by atoms with Crippen molar-refractivity contribution in [2.24, 2.45) is 5.10 Å². The number of para-hydroxylation sites is 1. The van der Waals surface area contributed by atoms with Gasteiger partial charge in [0.05, 0.1) is 25.5 Å². The lowest BCUT2D eigenvalue weighted by Gasteiger charge is -2.38. The highest BCUT2D eigenvalue weighted by molar-refractivity contribution is 6.02. The topological polar surface area (TPSA) is 43.3 Å². The van der Waals surface area contributed by atoms with Crippen LogP contribution in [0.3, 0.4) is 0 Å². The molecule has 2 heterocycles. The van der Waals surface area contributed by atoms with Gasteiger partial charge in [-0.3, -0.25) is 0 Å². The smallest absolute Gasteiger partial charge is 0.214 e. The van der Waals surface area contributed by atoms with Crippen molar-refractivity contribution < 1.29 is 18.6 Å². The number of hydrazone groups is 1. The summed E-state index contributed by atoms with van der Waals surface area (Å²) in [4.78, 5) is 0. The lowest BCUT2D eigenvalue weighted by molar-refractivity contribution is -0.0213. The molecule has 0 N–H and O–H groups in total. The van der Waals surface area contributed by atoms with Crippen molar-refractivity contribution in [1.29, 1.82) is 0 Å². The van der Waals surface area contributed by atoms with Gasteiger partial charge < -0.3 is 14.2 Å². The highest BCUT2D eigenvalue weighted by Gasteiger charge is 2.42. The van der Waals surface area contributed by atoms with Crippen LogP contribution >= 0.6 is 0 Å². The largest absolute Gasteiger partial charge is 0.497 e. The van der Waals surface area contributed by atoms with Crippen molar-refractivity contribution >= 4 is 5.71 Å². The van der Waals surface area contributed by atoms with E-state index in [2.05, 4.69) is 6.07 Å². The Bertz CT molecular complexity index is 1130. The number of hydrogen-bond donors (Lipinski definition) is 0. The fourth-order valence-electron chi connectivity index (χ4n) is 4.18. The first-order chi connectivity index (χ1) is 15.2. The Morgan fingerprint density at radius 3 is 2.68 bits per heavy atom. The first-order valence-corrected chi connectivity index (χ1v) is 10.4. The lowest BCUT2D eigenvalue weighted by atomic mass is 9.95. The second-order valence-electron chi connectivity index (χ2n) is 7.51. The molecule has 0 saturated heterocycles. The van der Waals surface area contributed by atoms with Crippen LogP contribution < -0.4 is 14.2 Å². The van der Waals surface area contributed by atoms with Gasteiger partial charge in [0.2, 0.25) is 6.23 Å². The number of ether oxygens (including phenoxy) is 3. The van der Waals surface area contributed by atoms with Gasteiger partial charge in [-0.2, -0.15) is 5.10 Å². The third-order valence-electron chi connectivity index (χ3n) is 5.64. The zero-order valence-electron chi connectivity index (χ0n) is 17.4. The molecule has 0 aromatic heterocycles. The number of benzene rings is 3. The number of hydrogen-bond acceptors (Lipinski definition) is 5. The molecule has 0 bridgehead atoms. The molecule has 0 saturated carbocycles. The van der Waals surface area contributed by atoms with E-state index in [-0.39, 0.29) is 11.9 Å². The standard InChI is InChI=1S/C25H23FN2O3/c1-3-30-23-9-5-8-20-22-15-21(16-10-12-18(26)13-11-16)27-28(22)25(31-24(20)23)17-6-4-7-19(14-17)29-2/h4-14,22,25H,3,15H2,1-2H3/t22-,25-/m1/s1. The summed E-state index contributed by atoms with van der Waals surface area (Å²) in [6, 6.07) is 20.2. The second-order valence-corrected chi connectivity index (χ2v) is 7.51. The molecule has 0 amide bonds. The van der Waals surface area contributed by atoms with E-state index in [1.807, 2.05) is 48.3 Å². The zero-order chi connectivity index (χ0) is 21.4. The van der Waals surface area contributed by atoms with Gasteiger partial charge in [-0.25, -0.2) is 9.40 Å². The molecule has 0 spiro atoms. The molecule has 158 valence electrons. The van der Waals surface area contributed by atoms with E-state index in [0.717, 1.165) is 39.7 Å². The van der Waals surface area contributed by atoms with Crippen LogP contribution in [0.2, 0.25) is 0 Å². The fraction of sp³-hybridized carbons (Fsp3) is 0.240. The SMILES string of the molecule is CCOc1cccc2c1O[C@H](c1cccc(OC)c1)N1N=C(c3ccc(F)cc3)C[C@H]21. The number of rotatable bonds is 5. The lowest BCUT2D eigenvalue weighted by Crippen LogP contribution is -2.34. The molecule has 2 aliphatic rings. The summed E-state index contributed by atoms with van der Waals surface area (Å²) in [6.07, 6.45) is 0.255. The van der Waals surface area contributed by atoms with Gasteiger partial charge in [-0.05, 0) is 42.8 Å². The van der Waals surface area contributed by atoms with E-state index in [1.54, 1.807) is 19.2 Å². The van der Waals surface area contributed by atoms with Crippen molar-refractivity contribution in [2.75, 3.05) is 13.7 Å². The van der Waals surface area contributed by atoms with Gasteiger partial charge in [-0.15, -0.1) is 0 Å². The summed E-state index contributed by atoms with van der Waals surface area (Å²) >= 11 is 0. The summed E-state index contributed by atoms with van der Waals surface area (Å²) in [7, 11) is 1.65. The molecular weight excluding hydrogens is 395 g/mol. The minimum absolute atomic E-state index is 0.0135. The van der Waals surface area contributed by atoms with Gasteiger partial charge in [0.25, 0.3) is 0 Å². The van der Waals surface area contributed by atoms with Crippen LogP contribution in [0.25, 0.3) is 0 Å². The molecule has 5 rings (SSSR count).